The first-order valence-corrected chi connectivity index (χ1v) is 7.06. The van der Waals surface area contributed by atoms with Gasteiger partial charge >= 0.3 is 5.97 Å². The van der Waals surface area contributed by atoms with Crippen LogP contribution in [-0.4, -0.2) is 16.7 Å². The molecule has 1 aromatic rings. The molecule has 1 aromatic carbocycles. The lowest BCUT2D eigenvalue weighted by Gasteiger charge is -2.41. The van der Waals surface area contributed by atoms with Gasteiger partial charge in [0.15, 0.2) is 0 Å². The van der Waals surface area contributed by atoms with E-state index >= 15 is 0 Å². The summed E-state index contributed by atoms with van der Waals surface area (Å²) in [6, 6.07) is 8.01. The molecule has 3 nitrogen and oxygen atoms in total. The largest absolute Gasteiger partial charge is 0.486 e. The Balaban J connectivity index is 2.20. The van der Waals surface area contributed by atoms with Crippen molar-refractivity contribution in [1.29, 1.82) is 0 Å². The molecule has 1 unspecified atom stereocenters. The molecule has 104 valence electrons. The third-order valence-electron chi connectivity index (χ3n) is 4.13. The molecule has 1 aliphatic carbocycles. The summed E-state index contributed by atoms with van der Waals surface area (Å²) in [6.07, 6.45) is 3.88. The number of aliphatic carboxylic acids is 1. The summed E-state index contributed by atoms with van der Waals surface area (Å²) >= 11 is 0. The SMILES string of the molecule is CCC(C)c1ccccc1OC1(CC(=O)O)CCC1. The number of hydrogen-bond acceptors (Lipinski definition) is 2. The van der Waals surface area contributed by atoms with Crippen LogP contribution in [0, 0.1) is 0 Å². The molecule has 0 aliphatic heterocycles. The van der Waals surface area contributed by atoms with Crippen LogP contribution in [0.3, 0.4) is 0 Å². The Morgan fingerprint density at radius 1 is 1.42 bits per heavy atom. The number of carboxylic acid groups (broad SMARTS) is 1. The van der Waals surface area contributed by atoms with Crippen LogP contribution in [0.5, 0.6) is 5.75 Å². The topological polar surface area (TPSA) is 46.5 Å². The molecule has 0 saturated heterocycles. The predicted octanol–water partition coefficient (Wildman–Crippen LogP) is 3.98. The Morgan fingerprint density at radius 3 is 2.63 bits per heavy atom. The molecule has 1 saturated carbocycles. The molecule has 0 amide bonds. The van der Waals surface area contributed by atoms with Gasteiger partial charge in [-0.2, -0.15) is 0 Å². The van der Waals surface area contributed by atoms with Crippen LogP contribution in [-0.2, 0) is 4.79 Å². The van der Waals surface area contributed by atoms with E-state index in [4.69, 9.17) is 9.84 Å². The molecule has 0 heterocycles. The number of rotatable bonds is 6. The standard InChI is InChI=1S/C16H22O3/c1-3-12(2)13-7-4-5-8-14(13)19-16(9-6-10-16)11-15(17)18/h4-5,7-8,12H,3,6,9-11H2,1-2H3,(H,17,18). The summed E-state index contributed by atoms with van der Waals surface area (Å²) in [5.41, 5.74) is 0.705. The fourth-order valence-corrected chi connectivity index (χ4v) is 2.60. The van der Waals surface area contributed by atoms with Gasteiger partial charge in [0.05, 0.1) is 6.42 Å². The van der Waals surface area contributed by atoms with Gasteiger partial charge in [0.25, 0.3) is 0 Å². The summed E-state index contributed by atoms with van der Waals surface area (Å²) in [5.74, 6) is 0.511. The Morgan fingerprint density at radius 2 is 2.11 bits per heavy atom. The van der Waals surface area contributed by atoms with E-state index in [-0.39, 0.29) is 6.42 Å². The number of carbonyl (C=O) groups is 1. The Hall–Kier alpha value is -1.51. The molecule has 1 atom stereocenters. The molecule has 2 rings (SSSR count). The maximum Gasteiger partial charge on any atom is 0.307 e. The smallest absolute Gasteiger partial charge is 0.307 e. The number of ether oxygens (including phenoxy) is 1. The van der Waals surface area contributed by atoms with Crippen LogP contribution in [0.25, 0.3) is 0 Å². The molecular formula is C16H22O3. The van der Waals surface area contributed by atoms with Crippen molar-refractivity contribution in [3.05, 3.63) is 29.8 Å². The number of para-hydroxylation sites is 1. The van der Waals surface area contributed by atoms with E-state index in [9.17, 15) is 4.79 Å². The minimum Gasteiger partial charge on any atom is -0.486 e. The first-order chi connectivity index (χ1) is 9.06. The Kier molecular flexibility index (Phi) is 4.13. The van der Waals surface area contributed by atoms with Gasteiger partial charge in [-0.05, 0) is 43.2 Å². The lowest BCUT2D eigenvalue weighted by atomic mass is 9.77. The zero-order valence-electron chi connectivity index (χ0n) is 11.7. The van der Waals surface area contributed by atoms with Crippen molar-refractivity contribution in [3.63, 3.8) is 0 Å². The normalized spacial score (nSPS) is 18.4. The molecule has 0 bridgehead atoms. The lowest BCUT2D eigenvalue weighted by Crippen LogP contribution is -2.45. The van der Waals surface area contributed by atoms with Crippen molar-refractivity contribution >= 4 is 5.97 Å². The van der Waals surface area contributed by atoms with Crippen LogP contribution in [0.1, 0.15) is 57.4 Å². The minimum absolute atomic E-state index is 0.0990. The highest BCUT2D eigenvalue weighted by Gasteiger charge is 2.41. The summed E-state index contributed by atoms with van der Waals surface area (Å²) in [4.78, 5) is 11.0. The van der Waals surface area contributed by atoms with Crippen molar-refractivity contribution in [3.8, 4) is 5.75 Å². The fraction of sp³-hybridized carbons (Fsp3) is 0.562. The number of carboxylic acids is 1. The highest BCUT2D eigenvalue weighted by molar-refractivity contribution is 5.68. The van der Waals surface area contributed by atoms with Gasteiger partial charge in [0, 0.05) is 0 Å². The summed E-state index contributed by atoms with van der Waals surface area (Å²) < 4.78 is 6.12. The van der Waals surface area contributed by atoms with E-state index < -0.39 is 11.6 Å². The second-order valence-electron chi connectivity index (χ2n) is 5.56. The first-order valence-electron chi connectivity index (χ1n) is 7.06. The second kappa shape index (κ2) is 5.64. The predicted molar refractivity (Wildman–Crippen MR) is 74.6 cm³/mol. The molecule has 1 N–H and O–H groups in total. The Bertz CT molecular complexity index is 449. The van der Waals surface area contributed by atoms with E-state index in [0.717, 1.165) is 31.4 Å². The monoisotopic (exact) mass is 262 g/mol. The third-order valence-corrected chi connectivity index (χ3v) is 4.13. The van der Waals surface area contributed by atoms with Gasteiger partial charge in [0.1, 0.15) is 11.4 Å². The average Bonchev–Trinajstić information content (AvgIpc) is 2.35. The zero-order chi connectivity index (χ0) is 13.9. The molecule has 0 spiro atoms. The van der Waals surface area contributed by atoms with Crippen molar-refractivity contribution in [1.82, 2.24) is 0 Å². The van der Waals surface area contributed by atoms with Gasteiger partial charge in [-0.3, -0.25) is 4.79 Å². The van der Waals surface area contributed by atoms with Gasteiger partial charge in [-0.1, -0.05) is 32.0 Å². The summed E-state index contributed by atoms with van der Waals surface area (Å²) in [6.45, 7) is 4.32. The molecular weight excluding hydrogens is 240 g/mol. The van der Waals surface area contributed by atoms with Crippen LogP contribution < -0.4 is 4.74 Å². The van der Waals surface area contributed by atoms with Crippen molar-refractivity contribution in [2.45, 2.75) is 57.5 Å². The highest BCUT2D eigenvalue weighted by atomic mass is 16.5. The first kappa shape index (κ1) is 13.9. The molecule has 0 aromatic heterocycles. The zero-order valence-corrected chi connectivity index (χ0v) is 11.7. The summed E-state index contributed by atoms with van der Waals surface area (Å²) in [7, 11) is 0. The van der Waals surface area contributed by atoms with E-state index in [1.807, 2.05) is 18.2 Å². The van der Waals surface area contributed by atoms with Crippen molar-refractivity contribution in [2.24, 2.45) is 0 Å². The highest BCUT2D eigenvalue weighted by Crippen LogP contribution is 2.41. The van der Waals surface area contributed by atoms with Crippen LogP contribution in [0.15, 0.2) is 24.3 Å². The average molecular weight is 262 g/mol. The number of benzene rings is 1. The third kappa shape index (κ3) is 3.09. The second-order valence-corrected chi connectivity index (χ2v) is 5.56. The molecule has 1 aliphatic rings. The van der Waals surface area contributed by atoms with E-state index in [0.29, 0.717) is 5.92 Å². The van der Waals surface area contributed by atoms with E-state index in [1.54, 1.807) is 0 Å². The van der Waals surface area contributed by atoms with Crippen LogP contribution in [0.4, 0.5) is 0 Å². The van der Waals surface area contributed by atoms with Gasteiger partial charge in [0.2, 0.25) is 0 Å². The van der Waals surface area contributed by atoms with Gasteiger partial charge < -0.3 is 9.84 Å². The minimum atomic E-state index is -0.777. The quantitative estimate of drug-likeness (QED) is 0.843. The maximum atomic E-state index is 11.0. The van der Waals surface area contributed by atoms with Crippen molar-refractivity contribution in [2.75, 3.05) is 0 Å². The van der Waals surface area contributed by atoms with Gasteiger partial charge in [-0.15, -0.1) is 0 Å². The van der Waals surface area contributed by atoms with Crippen LogP contribution >= 0.6 is 0 Å². The van der Waals surface area contributed by atoms with Crippen molar-refractivity contribution < 1.29 is 14.6 Å². The molecule has 0 radical (unpaired) electrons. The van der Waals surface area contributed by atoms with Crippen LogP contribution in [0.2, 0.25) is 0 Å². The molecule has 19 heavy (non-hydrogen) atoms. The molecule has 3 heteroatoms. The van der Waals surface area contributed by atoms with E-state index in [2.05, 4.69) is 19.9 Å². The maximum absolute atomic E-state index is 11.0. The van der Waals surface area contributed by atoms with E-state index in [1.165, 1.54) is 5.56 Å². The summed E-state index contributed by atoms with van der Waals surface area (Å²) in [5, 5.41) is 9.04. The number of hydrogen-bond donors (Lipinski definition) is 1. The van der Waals surface area contributed by atoms with Gasteiger partial charge in [-0.25, -0.2) is 0 Å². The Labute approximate surface area is 114 Å². The fourth-order valence-electron chi connectivity index (χ4n) is 2.60. The molecule has 1 fully saturated rings. The lowest BCUT2D eigenvalue weighted by molar-refractivity contribution is -0.144.